The van der Waals surface area contributed by atoms with E-state index in [4.69, 9.17) is 10.5 Å². The lowest BCUT2D eigenvalue weighted by atomic mass is 10.1. The second-order valence-corrected chi connectivity index (χ2v) is 5.44. The predicted molar refractivity (Wildman–Crippen MR) is 82.4 cm³/mol. The first kappa shape index (κ1) is 15.0. The summed E-state index contributed by atoms with van der Waals surface area (Å²) in [5, 5.41) is 0. The summed E-state index contributed by atoms with van der Waals surface area (Å²) >= 11 is 3.24. The summed E-state index contributed by atoms with van der Waals surface area (Å²) in [4.78, 5) is 0. The number of aryl methyl sites for hydroxylation is 1. The maximum absolute atomic E-state index is 13.4. The molecule has 0 spiro atoms. The fraction of sp³-hybridized carbons (Fsp3) is 0.250. The summed E-state index contributed by atoms with van der Waals surface area (Å²) < 4.78 is 19.7. The normalized spacial score (nSPS) is 10.6. The number of rotatable bonds is 5. The van der Waals surface area contributed by atoms with Gasteiger partial charge in [-0.15, -0.1) is 0 Å². The van der Waals surface area contributed by atoms with Gasteiger partial charge in [-0.3, -0.25) is 0 Å². The van der Waals surface area contributed by atoms with Crippen LogP contribution in [0.4, 0.5) is 4.39 Å². The summed E-state index contributed by atoms with van der Waals surface area (Å²) in [5.74, 6) is 0.523. The van der Waals surface area contributed by atoms with E-state index in [1.807, 2.05) is 25.1 Å². The third-order valence-corrected chi connectivity index (χ3v) is 3.93. The monoisotopic (exact) mass is 337 g/mol. The molecule has 0 heterocycles. The SMILES string of the molecule is Cc1ccc(OCc2cccc(F)c2Br)c(CCN)c1. The molecule has 0 radical (unpaired) electrons. The first-order valence-corrected chi connectivity index (χ1v) is 7.26. The second kappa shape index (κ2) is 6.86. The van der Waals surface area contributed by atoms with Gasteiger partial charge in [0.1, 0.15) is 18.2 Å². The molecule has 2 aromatic carbocycles. The molecule has 0 amide bonds. The molecule has 2 rings (SSSR count). The van der Waals surface area contributed by atoms with Crippen LogP contribution >= 0.6 is 15.9 Å². The molecule has 0 aromatic heterocycles. The molecule has 0 saturated carbocycles. The molecule has 4 heteroatoms. The van der Waals surface area contributed by atoms with Gasteiger partial charge in [-0.1, -0.05) is 29.8 Å². The van der Waals surface area contributed by atoms with E-state index in [-0.39, 0.29) is 5.82 Å². The summed E-state index contributed by atoms with van der Waals surface area (Å²) in [7, 11) is 0. The zero-order chi connectivity index (χ0) is 14.5. The molecule has 0 unspecified atom stereocenters. The molecule has 0 aliphatic carbocycles. The van der Waals surface area contributed by atoms with Crippen LogP contribution in [0.2, 0.25) is 0 Å². The van der Waals surface area contributed by atoms with Gasteiger partial charge in [0.05, 0.1) is 4.47 Å². The average molecular weight is 338 g/mol. The molecular weight excluding hydrogens is 321 g/mol. The molecule has 2 N–H and O–H groups in total. The van der Waals surface area contributed by atoms with Crippen LogP contribution < -0.4 is 10.5 Å². The largest absolute Gasteiger partial charge is 0.489 e. The van der Waals surface area contributed by atoms with Gasteiger partial charge in [-0.25, -0.2) is 4.39 Å². The Hall–Kier alpha value is -1.39. The third kappa shape index (κ3) is 3.58. The highest BCUT2D eigenvalue weighted by Crippen LogP contribution is 2.25. The van der Waals surface area contributed by atoms with E-state index in [1.54, 1.807) is 6.07 Å². The fourth-order valence-corrected chi connectivity index (χ4v) is 2.39. The summed E-state index contributed by atoms with van der Waals surface area (Å²) in [6.07, 6.45) is 0.765. The fourth-order valence-electron chi connectivity index (χ4n) is 2.02. The Balaban J connectivity index is 2.16. The quantitative estimate of drug-likeness (QED) is 0.895. The number of ether oxygens (including phenoxy) is 1. The summed E-state index contributed by atoms with van der Waals surface area (Å²) in [6, 6.07) is 10.9. The summed E-state index contributed by atoms with van der Waals surface area (Å²) in [5.41, 5.74) is 8.66. The highest BCUT2D eigenvalue weighted by molar-refractivity contribution is 9.10. The van der Waals surface area contributed by atoms with Gasteiger partial charge >= 0.3 is 0 Å². The van der Waals surface area contributed by atoms with E-state index >= 15 is 0 Å². The maximum atomic E-state index is 13.4. The summed E-state index contributed by atoms with van der Waals surface area (Å²) in [6.45, 7) is 2.93. The standard InChI is InChI=1S/C16H17BrFNO/c1-11-5-6-15(12(9-11)7-8-19)20-10-13-3-2-4-14(18)16(13)17/h2-6,9H,7-8,10,19H2,1H3. The van der Waals surface area contributed by atoms with E-state index in [0.29, 0.717) is 17.6 Å². The highest BCUT2D eigenvalue weighted by atomic mass is 79.9. The van der Waals surface area contributed by atoms with Gasteiger partial charge < -0.3 is 10.5 Å². The van der Waals surface area contributed by atoms with E-state index in [1.165, 1.54) is 11.6 Å². The molecule has 0 aliphatic heterocycles. The van der Waals surface area contributed by atoms with Gasteiger partial charge in [0.25, 0.3) is 0 Å². The van der Waals surface area contributed by atoms with Gasteiger partial charge in [0.15, 0.2) is 0 Å². The lowest BCUT2D eigenvalue weighted by Gasteiger charge is -2.13. The van der Waals surface area contributed by atoms with Crippen LogP contribution in [0.1, 0.15) is 16.7 Å². The van der Waals surface area contributed by atoms with Gasteiger partial charge in [0.2, 0.25) is 0 Å². The van der Waals surface area contributed by atoms with Crippen molar-refractivity contribution in [1.29, 1.82) is 0 Å². The van der Waals surface area contributed by atoms with E-state index in [9.17, 15) is 4.39 Å². The van der Waals surface area contributed by atoms with E-state index in [0.717, 1.165) is 23.3 Å². The number of benzene rings is 2. The van der Waals surface area contributed by atoms with Gasteiger partial charge in [-0.2, -0.15) is 0 Å². The van der Waals surface area contributed by atoms with Crippen molar-refractivity contribution in [2.45, 2.75) is 20.0 Å². The van der Waals surface area contributed by atoms with Crippen molar-refractivity contribution in [3.8, 4) is 5.75 Å². The molecule has 0 fully saturated rings. The van der Waals surface area contributed by atoms with Gasteiger partial charge in [-0.05, 0) is 53.5 Å². The Morgan fingerprint density at radius 3 is 2.75 bits per heavy atom. The molecule has 0 bridgehead atoms. The van der Waals surface area contributed by atoms with Crippen molar-refractivity contribution in [2.24, 2.45) is 5.73 Å². The van der Waals surface area contributed by atoms with Crippen molar-refractivity contribution in [3.05, 3.63) is 63.4 Å². The Morgan fingerprint density at radius 2 is 2.00 bits per heavy atom. The average Bonchev–Trinajstić information content (AvgIpc) is 2.42. The number of halogens is 2. The molecule has 106 valence electrons. The molecule has 2 nitrogen and oxygen atoms in total. The van der Waals surface area contributed by atoms with Crippen molar-refractivity contribution < 1.29 is 9.13 Å². The second-order valence-electron chi connectivity index (χ2n) is 4.65. The molecule has 0 aliphatic rings. The van der Waals surface area contributed by atoms with Crippen LogP contribution in [-0.2, 0) is 13.0 Å². The Bertz CT molecular complexity index is 601. The van der Waals surface area contributed by atoms with Crippen LogP contribution in [0.5, 0.6) is 5.75 Å². The van der Waals surface area contributed by atoms with Crippen molar-refractivity contribution in [2.75, 3.05) is 6.54 Å². The zero-order valence-corrected chi connectivity index (χ0v) is 12.9. The van der Waals surface area contributed by atoms with Crippen molar-refractivity contribution in [1.82, 2.24) is 0 Å². The Morgan fingerprint density at radius 1 is 1.20 bits per heavy atom. The van der Waals surface area contributed by atoms with E-state index in [2.05, 4.69) is 22.0 Å². The molecular formula is C16H17BrFNO. The number of hydrogen-bond acceptors (Lipinski definition) is 2. The maximum Gasteiger partial charge on any atom is 0.137 e. The zero-order valence-electron chi connectivity index (χ0n) is 11.3. The van der Waals surface area contributed by atoms with Crippen molar-refractivity contribution >= 4 is 15.9 Å². The number of nitrogens with two attached hydrogens (primary N) is 1. The van der Waals surface area contributed by atoms with Crippen LogP contribution in [-0.4, -0.2) is 6.54 Å². The Labute approximate surface area is 126 Å². The van der Waals surface area contributed by atoms with E-state index < -0.39 is 0 Å². The topological polar surface area (TPSA) is 35.2 Å². The van der Waals surface area contributed by atoms with Crippen LogP contribution in [0.25, 0.3) is 0 Å². The van der Waals surface area contributed by atoms with Crippen LogP contribution in [0.3, 0.4) is 0 Å². The first-order chi connectivity index (χ1) is 9.61. The minimum absolute atomic E-state index is 0.280. The lowest BCUT2D eigenvalue weighted by Crippen LogP contribution is -2.06. The highest BCUT2D eigenvalue weighted by Gasteiger charge is 2.08. The molecule has 2 aromatic rings. The lowest BCUT2D eigenvalue weighted by molar-refractivity contribution is 0.301. The van der Waals surface area contributed by atoms with Crippen LogP contribution in [0, 0.1) is 12.7 Å². The van der Waals surface area contributed by atoms with Gasteiger partial charge in [0, 0.05) is 5.56 Å². The first-order valence-electron chi connectivity index (χ1n) is 6.47. The molecule has 0 atom stereocenters. The third-order valence-electron chi connectivity index (χ3n) is 3.04. The Kier molecular flexibility index (Phi) is 5.15. The smallest absolute Gasteiger partial charge is 0.137 e. The molecule has 20 heavy (non-hydrogen) atoms. The predicted octanol–water partition coefficient (Wildman–Crippen LogP) is 3.98. The minimum Gasteiger partial charge on any atom is -0.489 e. The minimum atomic E-state index is -0.280. The van der Waals surface area contributed by atoms with Crippen LogP contribution in [0.15, 0.2) is 40.9 Å². The molecule has 0 saturated heterocycles. The number of hydrogen-bond donors (Lipinski definition) is 1. The van der Waals surface area contributed by atoms with Crippen molar-refractivity contribution in [3.63, 3.8) is 0 Å².